The number of nitrogens with one attached hydrogen (secondary N) is 2. The number of likely N-dealkylation sites (tertiary alicyclic amines) is 1. The van der Waals surface area contributed by atoms with Crippen LogP contribution < -0.4 is 10.6 Å². The van der Waals surface area contributed by atoms with Crippen molar-refractivity contribution in [1.29, 1.82) is 0 Å². The van der Waals surface area contributed by atoms with Crippen LogP contribution in [0.5, 0.6) is 0 Å². The Balaban J connectivity index is 1.47. The van der Waals surface area contributed by atoms with Gasteiger partial charge in [-0.05, 0) is 33.1 Å². The van der Waals surface area contributed by atoms with E-state index in [1.165, 1.54) is 0 Å². The topological polar surface area (TPSA) is 96.2 Å². The second-order valence-corrected chi connectivity index (χ2v) is 7.30. The molecule has 8 heteroatoms. The van der Waals surface area contributed by atoms with Crippen molar-refractivity contribution >= 4 is 11.8 Å². The summed E-state index contributed by atoms with van der Waals surface area (Å²) >= 11 is 0. The molecule has 0 bridgehead atoms. The molecule has 0 unspecified atom stereocenters. The van der Waals surface area contributed by atoms with E-state index < -0.39 is 0 Å². The summed E-state index contributed by atoms with van der Waals surface area (Å²) in [5.74, 6) is 2.44. The van der Waals surface area contributed by atoms with E-state index in [1.54, 1.807) is 0 Å². The molecule has 3 rings (SSSR count). The second-order valence-electron chi connectivity index (χ2n) is 7.30. The number of anilines is 1. The summed E-state index contributed by atoms with van der Waals surface area (Å²) < 4.78 is 5.36. The first-order valence-corrected chi connectivity index (χ1v) is 10.1. The molecule has 1 aliphatic rings. The van der Waals surface area contributed by atoms with Gasteiger partial charge in [0.2, 0.25) is 0 Å². The Morgan fingerprint density at radius 1 is 1.25 bits per heavy atom. The molecule has 28 heavy (non-hydrogen) atoms. The fraction of sp³-hybridized carbons (Fsp3) is 0.600. The molecule has 1 atom stereocenters. The van der Waals surface area contributed by atoms with Crippen LogP contribution in [0.3, 0.4) is 0 Å². The molecule has 2 amide bonds. The van der Waals surface area contributed by atoms with Crippen LogP contribution in [-0.4, -0.2) is 45.7 Å². The highest BCUT2D eigenvalue weighted by Crippen LogP contribution is 2.32. The first-order chi connectivity index (χ1) is 13.6. The standard InChI is InChI=1S/C20H30N6O2/c1-4-5-8-18-23-14(2)13-19(24-18)21-9-10-22-20(27)26-11-6-7-16(26)17-12-15(3)25-28-17/h12-13,16H,4-11H2,1-3H3,(H,22,27)(H,21,23,24)/t16-/m0/s1. The summed E-state index contributed by atoms with van der Waals surface area (Å²) in [7, 11) is 0. The van der Waals surface area contributed by atoms with Crippen molar-refractivity contribution in [2.75, 3.05) is 25.0 Å². The van der Waals surface area contributed by atoms with Gasteiger partial charge in [-0.25, -0.2) is 14.8 Å². The zero-order valence-electron chi connectivity index (χ0n) is 17.0. The molecular formula is C20H30N6O2. The third-order valence-electron chi connectivity index (χ3n) is 4.85. The van der Waals surface area contributed by atoms with Crippen molar-refractivity contribution < 1.29 is 9.32 Å². The van der Waals surface area contributed by atoms with Gasteiger partial charge in [-0.3, -0.25) is 0 Å². The molecule has 1 fully saturated rings. The number of amides is 2. The minimum absolute atomic E-state index is 0.0280. The van der Waals surface area contributed by atoms with Gasteiger partial charge in [0.1, 0.15) is 11.6 Å². The van der Waals surface area contributed by atoms with Crippen molar-refractivity contribution in [3.63, 3.8) is 0 Å². The minimum atomic E-state index is -0.0687. The lowest BCUT2D eigenvalue weighted by atomic mass is 10.1. The van der Waals surface area contributed by atoms with E-state index in [4.69, 9.17) is 4.52 Å². The number of carbonyl (C=O) groups excluding carboxylic acids is 1. The first-order valence-electron chi connectivity index (χ1n) is 10.1. The molecule has 2 N–H and O–H groups in total. The number of aromatic nitrogens is 3. The van der Waals surface area contributed by atoms with Crippen LogP contribution in [-0.2, 0) is 6.42 Å². The molecule has 0 aromatic carbocycles. The Bertz CT molecular complexity index is 791. The number of urea groups is 1. The van der Waals surface area contributed by atoms with Gasteiger partial charge in [-0.2, -0.15) is 0 Å². The second kappa shape index (κ2) is 9.52. The highest BCUT2D eigenvalue weighted by Gasteiger charge is 2.32. The van der Waals surface area contributed by atoms with Crippen molar-refractivity contribution in [3.05, 3.63) is 35.1 Å². The van der Waals surface area contributed by atoms with E-state index in [1.807, 2.05) is 30.9 Å². The number of carbonyl (C=O) groups is 1. The van der Waals surface area contributed by atoms with Crippen LogP contribution in [0.4, 0.5) is 10.6 Å². The summed E-state index contributed by atoms with van der Waals surface area (Å²) in [6.45, 7) is 7.88. The largest absolute Gasteiger partial charge is 0.368 e. The van der Waals surface area contributed by atoms with Gasteiger partial charge in [-0.15, -0.1) is 0 Å². The maximum Gasteiger partial charge on any atom is 0.318 e. The molecule has 0 radical (unpaired) electrons. The number of rotatable bonds is 8. The lowest BCUT2D eigenvalue weighted by Crippen LogP contribution is -2.41. The molecule has 152 valence electrons. The normalized spacial score (nSPS) is 16.4. The zero-order valence-corrected chi connectivity index (χ0v) is 17.0. The van der Waals surface area contributed by atoms with Crippen molar-refractivity contribution in [2.24, 2.45) is 0 Å². The summed E-state index contributed by atoms with van der Waals surface area (Å²) in [6.07, 6.45) is 4.97. The van der Waals surface area contributed by atoms with E-state index >= 15 is 0 Å². The van der Waals surface area contributed by atoms with Crippen LogP contribution >= 0.6 is 0 Å². The molecule has 3 heterocycles. The predicted octanol–water partition coefficient (Wildman–Crippen LogP) is 3.38. The van der Waals surface area contributed by atoms with Gasteiger partial charge in [0, 0.05) is 43.9 Å². The SMILES string of the molecule is CCCCc1nc(C)cc(NCCNC(=O)N2CCC[C@H]2c2cc(C)no2)n1. The van der Waals surface area contributed by atoms with E-state index in [9.17, 15) is 4.79 Å². The lowest BCUT2D eigenvalue weighted by Gasteiger charge is -2.23. The van der Waals surface area contributed by atoms with E-state index in [2.05, 4.69) is 32.7 Å². The molecule has 0 aliphatic carbocycles. The fourth-order valence-corrected chi connectivity index (χ4v) is 3.47. The average Bonchev–Trinajstić information content (AvgIpc) is 3.31. The zero-order chi connectivity index (χ0) is 19.9. The van der Waals surface area contributed by atoms with Crippen molar-refractivity contribution in [3.8, 4) is 0 Å². The van der Waals surface area contributed by atoms with Crippen molar-refractivity contribution in [2.45, 2.75) is 58.9 Å². The van der Waals surface area contributed by atoms with Gasteiger partial charge >= 0.3 is 6.03 Å². The highest BCUT2D eigenvalue weighted by atomic mass is 16.5. The summed E-state index contributed by atoms with van der Waals surface area (Å²) in [4.78, 5) is 23.4. The fourth-order valence-electron chi connectivity index (χ4n) is 3.47. The van der Waals surface area contributed by atoms with E-state index in [-0.39, 0.29) is 12.1 Å². The highest BCUT2D eigenvalue weighted by molar-refractivity contribution is 5.75. The Labute approximate surface area is 166 Å². The van der Waals surface area contributed by atoms with Gasteiger partial charge in [-0.1, -0.05) is 18.5 Å². The predicted molar refractivity (Wildman–Crippen MR) is 107 cm³/mol. The number of unbranched alkanes of at least 4 members (excludes halogenated alkanes) is 1. The Morgan fingerprint density at radius 3 is 2.86 bits per heavy atom. The number of nitrogens with zero attached hydrogens (tertiary/aromatic N) is 4. The Hall–Kier alpha value is -2.64. The molecular weight excluding hydrogens is 356 g/mol. The summed E-state index contributed by atoms with van der Waals surface area (Å²) in [5, 5.41) is 10.2. The molecule has 1 aliphatic heterocycles. The van der Waals surface area contributed by atoms with Gasteiger partial charge in [0.15, 0.2) is 5.76 Å². The maximum atomic E-state index is 12.6. The van der Waals surface area contributed by atoms with Crippen LogP contribution in [0.15, 0.2) is 16.7 Å². The van der Waals surface area contributed by atoms with Crippen LogP contribution in [0.2, 0.25) is 0 Å². The molecule has 2 aromatic rings. The van der Waals surface area contributed by atoms with Gasteiger partial charge < -0.3 is 20.1 Å². The maximum absolute atomic E-state index is 12.6. The summed E-state index contributed by atoms with van der Waals surface area (Å²) in [5.41, 5.74) is 1.79. The third kappa shape index (κ3) is 5.21. The van der Waals surface area contributed by atoms with Gasteiger partial charge in [0.05, 0.1) is 11.7 Å². The monoisotopic (exact) mass is 386 g/mol. The minimum Gasteiger partial charge on any atom is -0.368 e. The number of hydrogen-bond acceptors (Lipinski definition) is 6. The quantitative estimate of drug-likeness (QED) is 0.675. The van der Waals surface area contributed by atoms with Crippen molar-refractivity contribution in [1.82, 2.24) is 25.3 Å². The van der Waals surface area contributed by atoms with Crippen LogP contribution in [0.1, 0.15) is 61.6 Å². The van der Waals surface area contributed by atoms with E-state index in [0.717, 1.165) is 67.4 Å². The number of aryl methyl sites for hydroxylation is 3. The molecule has 1 saturated heterocycles. The Kier molecular flexibility index (Phi) is 6.84. The molecule has 0 spiro atoms. The van der Waals surface area contributed by atoms with Crippen LogP contribution in [0.25, 0.3) is 0 Å². The van der Waals surface area contributed by atoms with Crippen LogP contribution in [0, 0.1) is 13.8 Å². The molecule has 2 aromatic heterocycles. The molecule has 8 nitrogen and oxygen atoms in total. The van der Waals surface area contributed by atoms with E-state index in [0.29, 0.717) is 13.1 Å². The third-order valence-corrected chi connectivity index (χ3v) is 4.85. The molecule has 0 saturated carbocycles. The smallest absolute Gasteiger partial charge is 0.318 e. The average molecular weight is 387 g/mol. The number of hydrogen-bond donors (Lipinski definition) is 2. The first kappa shape index (κ1) is 20.1. The lowest BCUT2D eigenvalue weighted by molar-refractivity contribution is 0.183. The van der Waals surface area contributed by atoms with Gasteiger partial charge in [0.25, 0.3) is 0 Å². The Morgan fingerprint density at radius 2 is 2.11 bits per heavy atom. The summed E-state index contributed by atoms with van der Waals surface area (Å²) in [6, 6.07) is 3.74.